The first-order valence-electron chi connectivity index (χ1n) is 7.52. The predicted molar refractivity (Wildman–Crippen MR) is 82.0 cm³/mol. The van der Waals surface area contributed by atoms with Crippen LogP contribution in [0.4, 0.5) is 0 Å². The van der Waals surface area contributed by atoms with Gasteiger partial charge in [-0.1, -0.05) is 25.0 Å². The highest BCUT2D eigenvalue weighted by atomic mass is 16.5. The van der Waals surface area contributed by atoms with Gasteiger partial charge in [-0.25, -0.2) is 0 Å². The van der Waals surface area contributed by atoms with Gasteiger partial charge in [-0.05, 0) is 38.3 Å². The lowest BCUT2D eigenvalue weighted by molar-refractivity contribution is 0.165. The van der Waals surface area contributed by atoms with Crippen molar-refractivity contribution in [1.82, 2.24) is 4.98 Å². The Morgan fingerprint density at radius 1 is 1.15 bits per heavy atom. The molecule has 1 aromatic heterocycles. The quantitative estimate of drug-likeness (QED) is 0.848. The molecular formula is C17H22N2O. The number of aryl methyl sites for hydroxylation is 1. The second kappa shape index (κ2) is 5.80. The minimum Gasteiger partial charge on any atom is -0.488 e. The zero-order valence-electron chi connectivity index (χ0n) is 12.0. The van der Waals surface area contributed by atoms with Crippen LogP contribution in [0.1, 0.15) is 37.8 Å². The molecule has 1 heterocycles. The van der Waals surface area contributed by atoms with Gasteiger partial charge < -0.3 is 10.5 Å². The van der Waals surface area contributed by atoms with Crippen molar-refractivity contribution in [3.63, 3.8) is 0 Å². The topological polar surface area (TPSA) is 48.1 Å². The van der Waals surface area contributed by atoms with E-state index in [0.29, 0.717) is 0 Å². The van der Waals surface area contributed by atoms with E-state index in [1.165, 1.54) is 19.3 Å². The third-order valence-electron chi connectivity index (χ3n) is 4.09. The summed E-state index contributed by atoms with van der Waals surface area (Å²) < 4.78 is 6.28. The van der Waals surface area contributed by atoms with E-state index in [1.54, 1.807) is 0 Å². The Morgan fingerprint density at radius 2 is 1.95 bits per heavy atom. The Morgan fingerprint density at radius 3 is 2.85 bits per heavy atom. The highest BCUT2D eigenvalue weighted by molar-refractivity contribution is 5.85. The van der Waals surface area contributed by atoms with Gasteiger partial charge in [0.25, 0.3) is 0 Å². The van der Waals surface area contributed by atoms with Gasteiger partial charge in [-0.15, -0.1) is 0 Å². The lowest BCUT2D eigenvalue weighted by Crippen LogP contribution is -2.37. The Kier molecular flexibility index (Phi) is 3.88. The van der Waals surface area contributed by atoms with Gasteiger partial charge in [-0.2, -0.15) is 0 Å². The maximum Gasteiger partial charge on any atom is 0.131 e. The van der Waals surface area contributed by atoms with Gasteiger partial charge in [-0.3, -0.25) is 4.98 Å². The van der Waals surface area contributed by atoms with Crippen LogP contribution in [0.15, 0.2) is 30.3 Å². The second-order valence-corrected chi connectivity index (χ2v) is 5.74. The van der Waals surface area contributed by atoms with Crippen LogP contribution in [-0.4, -0.2) is 17.1 Å². The van der Waals surface area contributed by atoms with Crippen LogP contribution in [-0.2, 0) is 0 Å². The molecule has 0 spiro atoms. The fourth-order valence-electron chi connectivity index (χ4n) is 2.98. The number of hydrogen-bond acceptors (Lipinski definition) is 3. The molecule has 0 amide bonds. The summed E-state index contributed by atoms with van der Waals surface area (Å²) in [5, 5.41) is 1.08. The van der Waals surface area contributed by atoms with E-state index >= 15 is 0 Å². The number of aromatic nitrogens is 1. The molecule has 0 aliphatic heterocycles. The Hall–Kier alpha value is -1.61. The maximum absolute atomic E-state index is 6.28. The number of hydrogen-bond donors (Lipinski definition) is 1. The van der Waals surface area contributed by atoms with E-state index in [1.807, 2.05) is 31.2 Å². The van der Waals surface area contributed by atoms with Gasteiger partial charge in [0.2, 0.25) is 0 Å². The molecule has 1 aliphatic carbocycles. The molecule has 0 bridgehead atoms. The van der Waals surface area contributed by atoms with Crippen LogP contribution in [0.25, 0.3) is 10.9 Å². The first-order valence-corrected chi connectivity index (χ1v) is 7.52. The summed E-state index contributed by atoms with van der Waals surface area (Å²) in [4.78, 5) is 4.56. The normalized spacial score (nSPS) is 23.5. The number of benzene rings is 1. The third-order valence-corrected chi connectivity index (χ3v) is 4.09. The van der Waals surface area contributed by atoms with E-state index in [4.69, 9.17) is 10.5 Å². The minimum atomic E-state index is 0.128. The zero-order valence-corrected chi connectivity index (χ0v) is 12.0. The number of para-hydroxylation sites is 1. The Balaban J connectivity index is 1.93. The van der Waals surface area contributed by atoms with Crippen LogP contribution >= 0.6 is 0 Å². The van der Waals surface area contributed by atoms with Crippen molar-refractivity contribution in [3.05, 3.63) is 36.0 Å². The van der Waals surface area contributed by atoms with Gasteiger partial charge in [0.15, 0.2) is 0 Å². The highest BCUT2D eigenvalue weighted by Crippen LogP contribution is 2.29. The summed E-state index contributed by atoms with van der Waals surface area (Å²) in [6.07, 6.45) is 5.94. The largest absolute Gasteiger partial charge is 0.488 e. The average molecular weight is 270 g/mol. The molecule has 3 heteroatoms. The van der Waals surface area contributed by atoms with Crippen molar-refractivity contribution in [3.8, 4) is 5.75 Å². The molecular weight excluding hydrogens is 248 g/mol. The van der Waals surface area contributed by atoms with Crippen LogP contribution in [0, 0.1) is 6.92 Å². The van der Waals surface area contributed by atoms with Crippen LogP contribution in [0.2, 0.25) is 0 Å². The third kappa shape index (κ3) is 2.78. The zero-order chi connectivity index (χ0) is 13.9. The SMILES string of the molecule is Cc1cc(OC2CCCCCC2N)c2ccccc2n1. The molecule has 2 N–H and O–H groups in total. The predicted octanol–water partition coefficient (Wildman–Crippen LogP) is 3.58. The van der Waals surface area contributed by atoms with Crippen LogP contribution in [0.3, 0.4) is 0 Å². The van der Waals surface area contributed by atoms with E-state index in [0.717, 1.165) is 35.2 Å². The van der Waals surface area contributed by atoms with E-state index < -0.39 is 0 Å². The second-order valence-electron chi connectivity index (χ2n) is 5.74. The standard InChI is InChI=1S/C17H22N2O/c1-12-11-17(13-7-5-6-9-15(13)19-12)20-16-10-4-2-3-8-14(16)18/h5-7,9,11,14,16H,2-4,8,10,18H2,1H3. The number of fused-ring (bicyclic) bond motifs is 1. The lowest BCUT2D eigenvalue weighted by Gasteiger charge is -2.23. The molecule has 2 aromatic rings. The number of ether oxygens (including phenoxy) is 1. The number of pyridine rings is 1. The summed E-state index contributed by atoms with van der Waals surface area (Å²) in [6.45, 7) is 2.01. The minimum absolute atomic E-state index is 0.128. The van der Waals surface area contributed by atoms with Crippen LogP contribution < -0.4 is 10.5 Å². The summed E-state index contributed by atoms with van der Waals surface area (Å²) in [5.74, 6) is 0.926. The Labute approximate surface area is 120 Å². The molecule has 1 aliphatic rings. The summed E-state index contributed by atoms with van der Waals surface area (Å²) >= 11 is 0. The molecule has 20 heavy (non-hydrogen) atoms. The average Bonchev–Trinajstić information content (AvgIpc) is 2.64. The molecule has 1 saturated carbocycles. The molecule has 1 aromatic carbocycles. The summed E-state index contributed by atoms with van der Waals surface area (Å²) in [7, 11) is 0. The molecule has 106 valence electrons. The molecule has 2 atom stereocenters. The lowest BCUT2D eigenvalue weighted by atomic mass is 10.1. The first kappa shape index (κ1) is 13.4. The molecule has 0 saturated heterocycles. The smallest absolute Gasteiger partial charge is 0.131 e. The van der Waals surface area contributed by atoms with Crippen molar-refractivity contribution in [2.24, 2.45) is 5.73 Å². The maximum atomic E-state index is 6.28. The van der Waals surface area contributed by atoms with E-state index in [9.17, 15) is 0 Å². The van der Waals surface area contributed by atoms with Crippen molar-refractivity contribution in [1.29, 1.82) is 0 Å². The van der Waals surface area contributed by atoms with E-state index in [2.05, 4.69) is 11.1 Å². The fraction of sp³-hybridized carbons (Fsp3) is 0.471. The summed E-state index contributed by atoms with van der Waals surface area (Å²) in [5.41, 5.74) is 8.25. The number of rotatable bonds is 2. The van der Waals surface area contributed by atoms with Crippen LogP contribution in [0.5, 0.6) is 5.75 Å². The van der Waals surface area contributed by atoms with Crippen molar-refractivity contribution in [2.75, 3.05) is 0 Å². The van der Waals surface area contributed by atoms with Crippen molar-refractivity contribution < 1.29 is 4.74 Å². The Bertz CT molecular complexity index is 597. The van der Waals surface area contributed by atoms with Gasteiger partial charge in [0.05, 0.1) is 5.52 Å². The van der Waals surface area contributed by atoms with Gasteiger partial charge >= 0.3 is 0 Å². The monoisotopic (exact) mass is 270 g/mol. The molecule has 3 nitrogen and oxygen atoms in total. The molecule has 0 radical (unpaired) electrons. The van der Waals surface area contributed by atoms with Gasteiger partial charge in [0.1, 0.15) is 11.9 Å². The fourth-order valence-corrected chi connectivity index (χ4v) is 2.98. The summed E-state index contributed by atoms with van der Waals surface area (Å²) in [6, 6.07) is 10.3. The van der Waals surface area contributed by atoms with Crippen molar-refractivity contribution in [2.45, 2.75) is 51.2 Å². The van der Waals surface area contributed by atoms with Gasteiger partial charge in [0, 0.05) is 23.2 Å². The first-order chi connectivity index (χ1) is 9.74. The van der Waals surface area contributed by atoms with E-state index in [-0.39, 0.29) is 12.1 Å². The van der Waals surface area contributed by atoms with Crippen molar-refractivity contribution >= 4 is 10.9 Å². The highest BCUT2D eigenvalue weighted by Gasteiger charge is 2.22. The number of nitrogens with two attached hydrogens (primary N) is 1. The molecule has 1 fully saturated rings. The molecule has 3 rings (SSSR count). The number of nitrogens with zero attached hydrogens (tertiary/aromatic N) is 1. The molecule has 2 unspecified atom stereocenters.